The highest BCUT2D eigenvalue weighted by Gasteiger charge is 2.10. The Morgan fingerprint density at radius 3 is 2.55 bits per heavy atom. The van der Waals surface area contributed by atoms with Crippen molar-refractivity contribution in [1.82, 2.24) is 4.98 Å². The predicted molar refractivity (Wildman–Crippen MR) is 78.6 cm³/mol. The van der Waals surface area contributed by atoms with Gasteiger partial charge in [-0.25, -0.2) is 4.98 Å². The third-order valence-corrected chi connectivity index (χ3v) is 3.67. The SMILES string of the molecule is COc1ccc(Sc2nc(C)ccc2C(N)=NO)cc1. The smallest absolute Gasteiger partial charge is 0.172 e. The van der Waals surface area contributed by atoms with Crippen molar-refractivity contribution >= 4 is 17.6 Å². The zero-order valence-electron chi connectivity index (χ0n) is 11.2. The molecular weight excluding hydrogens is 274 g/mol. The van der Waals surface area contributed by atoms with Crippen molar-refractivity contribution in [3.05, 3.63) is 47.7 Å². The number of benzene rings is 1. The maximum Gasteiger partial charge on any atom is 0.172 e. The second kappa shape index (κ2) is 6.29. The molecule has 0 amide bonds. The molecule has 0 aliphatic heterocycles. The summed E-state index contributed by atoms with van der Waals surface area (Å²) >= 11 is 1.45. The molecule has 1 aromatic carbocycles. The normalized spacial score (nSPS) is 11.4. The van der Waals surface area contributed by atoms with Crippen LogP contribution in [0.25, 0.3) is 0 Å². The predicted octanol–water partition coefficient (Wildman–Crippen LogP) is 2.64. The number of oxime groups is 1. The van der Waals surface area contributed by atoms with Gasteiger partial charge in [0.1, 0.15) is 10.8 Å². The zero-order chi connectivity index (χ0) is 14.5. The molecule has 1 heterocycles. The maximum atomic E-state index is 8.83. The molecule has 20 heavy (non-hydrogen) atoms. The minimum atomic E-state index is 0.0495. The van der Waals surface area contributed by atoms with Crippen molar-refractivity contribution in [2.24, 2.45) is 10.9 Å². The first-order chi connectivity index (χ1) is 9.63. The molecule has 104 valence electrons. The minimum absolute atomic E-state index is 0.0495. The third kappa shape index (κ3) is 3.21. The van der Waals surface area contributed by atoms with E-state index < -0.39 is 0 Å². The lowest BCUT2D eigenvalue weighted by molar-refractivity contribution is 0.318. The molecule has 0 radical (unpaired) electrons. The Kier molecular flexibility index (Phi) is 4.47. The van der Waals surface area contributed by atoms with Gasteiger partial charge in [-0.15, -0.1) is 0 Å². The number of pyridine rings is 1. The Hall–Kier alpha value is -2.21. The number of amidine groups is 1. The Bertz CT molecular complexity index is 627. The van der Waals surface area contributed by atoms with Gasteiger partial charge in [0.15, 0.2) is 5.84 Å². The van der Waals surface area contributed by atoms with Crippen molar-refractivity contribution in [3.63, 3.8) is 0 Å². The fraction of sp³-hybridized carbons (Fsp3) is 0.143. The van der Waals surface area contributed by atoms with Gasteiger partial charge in [-0.05, 0) is 43.3 Å². The minimum Gasteiger partial charge on any atom is -0.497 e. The zero-order valence-corrected chi connectivity index (χ0v) is 12.0. The van der Waals surface area contributed by atoms with Gasteiger partial charge in [0.25, 0.3) is 0 Å². The topological polar surface area (TPSA) is 80.7 Å². The van der Waals surface area contributed by atoms with Crippen LogP contribution >= 0.6 is 11.8 Å². The molecule has 0 bridgehead atoms. The number of ether oxygens (including phenoxy) is 1. The molecule has 0 saturated carbocycles. The number of hydrogen-bond donors (Lipinski definition) is 2. The van der Waals surface area contributed by atoms with Crippen LogP contribution in [0.15, 0.2) is 51.5 Å². The van der Waals surface area contributed by atoms with Crippen LogP contribution in [0.2, 0.25) is 0 Å². The van der Waals surface area contributed by atoms with Crippen LogP contribution in [-0.2, 0) is 0 Å². The lowest BCUT2D eigenvalue weighted by Crippen LogP contribution is -2.15. The number of rotatable bonds is 4. The first-order valence-corrected chi connectivity index (χ1v) is 6.73. The van der Waals surface area contributed by atoms with E-state index in [0.29, 0.717) is 10.6 Å². The Morgan fingerprint density at radius 1 is 1.25 bits per heavy atom. The monoisotopic (exact) mass is 289 g/mol. The summed E-state index contributed by atoms with van der Waals surface area (Å²) in [4.78, 5) is 5.44. The molecule has 0 fully saturated rings. The van der Waals surface area contributed by atoms with Crippen LogP contribution in [0, 0.1) is 6.92 Å². The molecule has 5 nitrogen and oxygen atoms in total. The van der Waals surface area contributed by atoms with Gasteiger partial charge in [-0.3, -0.25) is 0 Å². The number of methoxy groups -OCH3 is 1. The fourth-order valence-electron chi connectivity index (χ4n) is 1.61. The molecule has 0 aliphatic carbocycles. The quantitative estimate of drug-likeness (QED) is 0.391. The van der Waals surface area contributed by atoms with Gasteiger partial charge >= 0.3 is 0 Å². The second-order valence-electron chi connectivity index (χ2n) is 4.07. The molecule has 0 saturated heterocycles. The highest BCUT2D eigenvalue weighted by molar-refractivity contribution is 7.99. The van der Waals surface area contributed by atoms with Gasteiger partial charge in [0, 0.05) is 10.6 Å². The summed E-state index contributed by atoms with van der Waals surface area (Å²) in [5.74, 6) is 0.844. The van der Waals surface area contributed by atoms with E-state index in [2.05, 4.69) is 10.1 Å². The Labute approximate surface area is 121 Å². The molecular formula is C14H15N3O2S. The van der Waals surface area contributed by atoms with E-state index in [9.17, 15) is 0 Å². The van der Waals surface area contributed by atoms with E-state index in [1.807, 2.05) is 37.3 Å². The molecule has 0 spiro atoms. The van der Waals surface area contributed by atoms with E-state index in [0.717, 1.165) is 16.3 Å². The van der Waals surface area contributed by atoms with Crippen LogP contribution in [0.1, 0.15) is 11.3 Å². The highest BCUT2D eigenvalue weighted by Crippen LogP contribution is 2.30. The average Bonchev–Trinajstić information content (AvgIpc) is 2.47. The molecule has 0 aliphatic rings. The van der Waals surface area contributed by atoms with Gasteiger partial charge in [-0.1, -0.05) is 16.9 Å². The third-order valence-electron chi connectivity index (χ3n) is 2.66. The standard InChI is InChI=1S/C14H15N3O2S/c1-9-3-8-12(13(15)17-18)14(16-9)20-11-6-4-10(19-2)5-7-11/h3-8,18H,1-2H3,(H2,15,17). The van der Waals surface area contributed by atoms with Gasteiger partial charge in [0.05, 0.1) is 12.7 Å². The van der Waals surface area contributed by atoms with Gasteiger partial charge < -0.3 is 15.7 Å². The van der Waals surface area contributed by atoms with Crippen molar-refractivity contribution in [1.29, 1.82) is 0 Å². The summed E-state index contributed by atoms with van der Waals surface area (Å²) in [6.45, 7) is 1.90. The van der Waals surface area contributed by atoms with Crippen LogP contribution in [0.5, 0.6) is 5.75 Å². The molecule has 0 atom stereocenters. The van der Waals surface area contributed by atoms with Crippen LogP contribution < -0.4 is 10.5 Å². The van der Waals surface area contributed by atoms with Gasteiger partial charge in [-0.2, -0.15) is 0 Å². The lowest BCUT2D eigenvalue weighted by Gasteiger charge is -2.08. The first-order valence-electron chi connectivity index (χ1n) is 5.91. The van der Waals surface area contributed by atoms with Gasteiger partial charge in [0.2, 0.25) is 0 Å². The number of aryl methyl sites for hydroxylation is 1. The summed E-state index contributed by atoms with van der Waals surface area (Å²) in [6.07, 6.45) is 0. The number of nitrogens with zero attached hydrogens (tertiary/aromatic N) is 2. The summed E-state index contributed by atoms with van der Waals surface area (Å²) in [5.41, 5.74) is 7.15. The van der Waals surface area contributed by atoms with E-state index in [-0.39, 0.29) is 5.84 Å². The molecule has 0 unspecified atom stereocenters. The molecule has 3 N–H and O–H groups in total. The summed E-state index contributed by atoms with van der Waals surface area (Å²) in [6, 6.07) is 11.2. The molecule has 2 aromatic rings. The van der Waals surface area contributed by atoms with Crippen LogP contribution in [0.4, 0.5) is 0 Å². The van der Waals surface area contributed by atoms with Crippen molar-refractivity contribution < 1.29 is 9.94 Å². The average molecular weight is 289 g/mol. The molecule has 1 aromatic heterocycles. The van der Waals surface area contributed by atoms with Crippen molar-refractivity contribution in [3.8, 4) is 5.75 Å². The highest BCUT2D eigenvalue weighted by atomic mass is 32.2. The van der Waals surface area contributed by atoms with E-state index >= 15 is 0 Å². The number of aromatic nitrogens is 1. The van der Waals surface area contributed by atoms with Crippen molar-refractivity contribution in [2.45, 2.75) is 16.8 Å². The second-order valence-corrected chi connectivity index (χ2v) is 5.13. The lowest BCUT2D eigenvalue weighted by atomic mass is 10.2. The fourth-order valence-corrected chi connectivity index (χ4v) is 2.58. The summed E-state index contributed by atoms with van der Waals surface area (Å²) in [7, 11) is 1.63. The molecule has 2 rings (SSSR count). The Morgan fingerprint density at radius 2 is 1.95 bits per heavy atom. The van der Waals surface area contributed by atoms with Crippen molar-refractivity contribution in [2.75, 3.05) is 7.11 Å². The van der Waals surface area contributed by atoms with Crippen LogP contribution in [0.3, 0.4) is 0 Å². The molecule has 6 heteroatoms. The summed E-state index contributed by atoms with van der Waals surface area (Å²) < 4.78 is 5.12. The maximum absolute atomic E-state index is 8.83. The first kappa shape index (κ1) is 14.2. The number of hydrogen-bond acceptors (Lipinski definition) is 5. The van der Waals surface area contributed by atoms with Crippen LogP contribution in [-0.4, -0.2) is 23.1 Å². The largest absolute Gasteiger partial charge is 0.497 e. The van der Waals surface area contributed by atoms with E-state index in [1.54, 1.807) is 13.2 Å². The Balaban J connectivity index is 2.33. The van der Waals surface area contributed by atoms with E-state index in [4.69, 9.17) is 15.7 Å². The van der Waals surface area contributed by atoms with E-state index in [1.165, 1.54) is 11.8 Å². The number of nitrogens with two attached hydrogens (primary N) is 1. The summed E-state index contributed by atoms with van der Waals surface area (Å²) in [5, 5.41) is 12.6.